The minimum Gasteiger partial charge on any atom is -0.399 e. The second-order valence-electron chi connectivity index (χ2n) is 2.97. The molecule has 2 nitrogen and oxygen atoms in total. The van der Waals surface area contributed by atoms with E-state index in [2.05, 4.69) is 9.99 Å². The van der Waals surface area contributed by atoms with Crippen molar-refractivity contribution in [3.05, 3.63) is 35.1 Å². The van der Waals surface area contributed by atoms with Crippen molar-refractivity contribution in [1.82, 2.24) is 0 Å². The lowest BCUT2D eigenvalue weighted by Crippen LogP contribution is -2.10. The Kier molecular flexibility index (Phi) is 3.87. The Morgan fingerprint density at radius 1 is 1.38 bits per heavy atom. The predicted octanol–water partition coefficient (Wildman–Crippen LogP) is 3.02. The maximum atomic E-state index is 12.7. The van der Waals surface area contributed by atoms with E-state index >= 15 is 0 Å². The average molecular weight is 235 g/mol. The fourth-order valence-corrected chi connectivity index (χ4v) is 1.20. The summed E-state index contributed by atoms with van der Waals surface area (Å²) in [7, 11) is 1.28. The molecule has 0 N–H and O–H groups in total. The van der Waals surface area contributed by atoms with Gasteiger partial charge >= 0.3 is 6.18 Å². The van der Waals surface area contributed by atoms with Crippen LogP contribution in [-0.4, -0.2) is 13.3 Å². The third kappa shape index (κ3) is 3.22. The number of rotatable bonds is 3. The van der Waals surface area contributed by atoms with Crippen LogP contribution in [0.5, 0.6) is 0 Å². The Hall–Kier alpha value is -1.59. The molecule has 0 fully saturated rings. The summed E-state index contributed by atoms with van der Waals surface area (Å²) in [5.41, 5.74) is -1.04. The summed E-state index contributed by atoms with van der Waals surface area (Å²) in [5.74, 6) is -0.917. The van der Waals surface area contributed by atoms with Crippen LogP contribution in [0.2, 0.25) is 0 Å². The number of halogens is 4. The largest absolute Gasteiger partial charge is 0.416 e. The topological polar surface area (TPSA) is 21.6 Å². The summed E-state index contributed by atoms with van der Waals surface area (Å²) in [5, 5.41) is 3.33. The van der Waals surface area contributed by atoms with Gasteiger partial charge in [-0.2, -0.15) is 13.2 Å². The van der Waals surface area contributed by atoms with E-state index in [4.69, 9.17) is 0 Å². The van der Waals surface area contributed by atoms with Crippen LogP contribution in [-0.2, 0) is 17.4 Å². The van der Waals surface area contributed by atoms with E-state index in [9.17, 15) is 17.6 Å². The number of nitrogens with zero attached hydrogens (tertiary/aromatic N) is 1. The highest BCUT2D eigenvalue weighted by Gasteiger charge is 2.33. The molecular weight excluding hydrogens is 226 g/mol. The molecule has 16 heavy (non-hydrogen) atoms. The Morgan fingerprint density at radius 2 is 2.06 bits per heavy atom. The number of alkyl halides is 3. The van der Waals surface area contributed by atoms with Crippen LogP contribution in [0.4, 0.5) is 17.6 Å². The van der Waals surface area contributed by atoms with Crippen molar-refractivity contribution in [2.75, 3.05) is 7.11 Å². The first-order valence-electron chi connectivity index (χ1n) is 4.35. The molecule has 88 valence electrons. The van der Waals surface area contributed by atoms with Gasteiger partial charge in [-0.1, -0.05) is 11.2 Å². The highest BCUT2D eigenvalue weighted by atomic mass is 19.4. The van der Waals surface area contributed by atoms with Crippen molar-refractivity contribution in [2.24, 2.45) is 5.16 Å². The molecule has 0 unspecified atom stereocenters. The van der Waals surface area contributed by atoms with E-state index in [1.165, 1.54) is 13.3 Å². The second-order valence-corrected chi connectivity index (χ2v) is 2.97. The molecule has 0 radical (unpaired) electrons. The second kappa shape index (κ2) is 4.96. The minimum absolute atomic E-state index is 0.0466. The fraction of sp³-hybridized carbons (Fsp3) is 0.300. The summed E-state index contributed by atoms with van der Waals surface area (Å²) in [6, 6.07) is 2.53. The SMILES string of the molecule is CON=CCc1ccc(F)cc1C(F)(F)F. The van der Waals surface area contributed by atoms with Gasteiger partial charge in [-0.15, -0.1) is 0 Å². The van der Waals surface area contributed by atoms with Gasteiger partial charge in [-0.3, -0.25) is 0 Å². The maximum absolute atomic E-state index is 12.7. The summed E-state index contributed by atoms with van der Waals surface area (Å²) in [6.07, 6.45) is -3.45. The van der Waals surface area contributed by atoms with Crippen molar-refractivity contribution in [2.45, 2.75) is 12.6 Å². The summed E-state index contributed by atoms with van der Waals surface area (Å²) >= 11 is 0. The molecule has 0 amide bonds. The fourth-order valence-electron chi connectivity index (χ4n) is 1.20. The normalized spacial score (nSPS) is 12.1. The van der Waals surface area contributed by atoms with Crippen molar-refractivity contribution >= 4 is 6.21 Å². The molecule has 0 saturated carbocycles. The smallest absolute Gasteiger partial charge is 0.399 e. The average Bonchev–Trinajstić information content (AvgIpc) is 2.19. The van der Waals surface area contributed by atoms with Crippen LogP contribution in [0.1, 0.15) is 11.1 Å². The van der Waals surface area contributed by atoms with Gasteiger partial charge in [0.2, 0.25) is 0 Å². The number of hydrogen-bond donors (Lipinski definition) is 0. The molecule has 1 aromatic carbocycles. The van der Waals surface area contributed by atoms with Crippen LogP contribution < -0.4 is 0 Å². The molecule has 0 aromatic heterocycles. The molecule has 0 bridgehead atoms. The first kappa shape index (κ1) is 12.5. The van der Waals surface area contributed by atoms with Gasteiger partial charge in [-0.05, 0) is 17.7 Å². The predicted molar refractivity (Wildman–Crippen MR) is 50.6 cm³/mol. The molecule has 6 heteroatoms. The highest BCUT2D eigenvalue weighted by molar-refractivity contribution is 5.61. The lowest BCUT2D eigenvalue weighted by molar-refractivity contribution is -0.138. The van der Waals surface area contributed by atoms with E-state index in [1.54, 1.807) is 0 Å². The van der Waals surface area contributed by atoms with Gasteiger partial charge in [0.15, 0.2) is 0 Å². The molecule has 0 aliphatic rings. The standard InChI is InChI=1S/C10H9F4NO/c1-16-15-5-4-7-2-3-8(11)6-9(7)10(12,13)14/h2-3,5-6H,4H2,1H3. The Balaban J connectivity index is 3.03. The molecule has 0 aliphatic carbocycles. The Morgan fingerprint density at radius 3 is 2.62 bits per heavy atom. The molecule has 0 saturated heterocycles. The third-order valence-electron chi connectivity index (χ3n) is 1.87. The highest BCUT2D eigenvalue weighted by Crippen LogP contribution is 2.32. The first-order valence-corrected chi connectivity index (χ1v) is 4.35. The molecule has 0 atom stereocenters. The lowest BCUT2D eigenvalue weighted by atomic mass is 10.0. The van der Waals surface area contributed by atoms with E-state index in [-0.39, 0.29) is 12.0 Å². The minimum atomic E-state index is -4.57. The molecule has 1 rings (SSSR count). The van der Waals surface area contributed by atoms with Gasteiger partial charge in [0, 0.05) is 12.6 Å². The van der Waals surface area contributed by atoms with Crippen LogP contribution in [0, 0.1) is 5.82 Å². The summed E-state index contributed by atoms with van der Waals surface area (Å²) in [6.45, 7) is 0. The van der Waals surface area contributed by atoms with Gasteiger partial charge < -0.3 is 4.84 Å². The van der Waals surface area contributed by atoms with Gasteiger partial charge in [0.05, 0.1) is 5.56 Å². The number of oxime groups is 1. The summed E-state index contributed by atoms with van der Waals surface area (Å²) < 4.78 is 50.2. The number of hydrogen-bond acceptors (Lipinski definition) is 2. The molecular formula is C10H9F4NO. The van der Waals surface area contributed by atoms with Crippen LogP contribution in [0.3, 0.4) is 0 Å². The van der Waals surface area contributed by atoms with Crippen molar-refractivity contribution in [3.63, 3.8) is 0 Å². The van der Waals surface area contributed by atoms with Crippen molar-refractivity contribution in [1.29, 1.82) is 0 Å². The zero-order valence-corrected chi connectivity index (χ0v) is 8.38. The van der Waals surface area contributed by atoms with E-state index in [1.807, 2.05) is 0 Å². The molecule has 0 heterocycles. The van der Waals surface area contributed by atoms with Crippen molar-refractivity contribution < 1.29 is 22.4 Å². The summed E-state index contributed by atoms with van der Waals surface area (Å²) in [4.78, 5) is 4.33. The first-order chi connectivity index (χ1) is 7.45. The van der Waals surface area contributed by atoms with Gasteiger partial charge in [0.1, 0.15) is 12.9 Å². The van der Waals surface area contributed by atoms with Gasteiger partial charge in [0.25, 0.3) is 0 Å². The lowest BCUT2D eigenvalue weighted by Gasteiger charge is -2.11. The van der Waals surface area contributed by atoms with E-state index in [0.29, 0.717) is 6.07 Å². The van der Waals surface area contributed by atoms with E-state index < -0.39 is 17.6 Å². The number of benzene rings is 1. The maximum Gasteiger partial charge on any atom is 0.416 e. The molecule has 0 aliphatic heterocycles. The third-order valence-corrected chi connectivity index (χ3v) is 1.87. The quantitative estimate of drug-likeness (QED) is 0.448. The Bertz CT molecular complexity index is 387. The monoisotopic (exact) mass is 235 g/mol. The van der Waals surface area contributed by atoms with Crippen LogP contribution >= 0.6 is 0 Å². The Labute approximate surface area is 89.5 Å². The van der Waals surface area contributed by atoms with Crippen LogP contribution in [0.25, 0.3) is 0 Å². The van der Waals surface area contributed by atoms with Crippen molar-refractivity contribution in [3.8, 4) is 0 Å². The zero-order chi connectivity index (χ0) is 12.2. The van der Waals surface area contributed by atoms with Crippen LogP contribution in [0.15, 0.2) is 23.4 Å². The molecule has 0 spiro atoms. The molecule has 1 aromatic rings. The van der Waals surface area contributed by atoms with Gasteiger partial charge in [-0.25, -0.2) is 4.39 Å². The zero-order valence-electron chi connectivity index (χ0n) is 8.38. The van der Waals surface area contributed by atoms with E-state index in [0.717, 1.165) is 12.1 Å².